The van der Waals surface area contributed by atoms with E-state index in [9.17, 15) is 27.9 Å². The van der Waals surface area contributed by atoms with Gasteiger partial charge in [0.25, 0.3) is 5.91 Å². The van der Waals surface area contributed by atoms with Crippen molar-refractivity contribution >= 4 is 56.8 Å². The summed E-state index contributed by atoms with van der Waals surface area (Å²) in [5.41, 5.74) is 0.526. The number of hydrogen-bond acceptors (Lipinski definition) is 4. The van der Waals surface area contributed by atoms with Gasteiger partial charge < -0.3 is 10.4 Å². The Bertz CT molecular complexity index is 1910. The van der Waals surface area contributed by atoms with Crippen LogP contribution in [0.3, 0.4) is 0 Å². The summed E-state index contributed by atoms with van der Waals surface area (Å²) in [6.07, 6.45) is -0.121. The van der Waals surface area contributed by atoms with Crippen LogP contribution in [0.2, 0.25) is 10.0 Å². The van der Waals surface area contributed by atoms with Crippen molar-refractivity contribution in [3.63, 3.8) is 0 Å². The maximum Gasteiger partial charge on any atom is 0.419 e. The Balaban J connectivity index is 1.43. The topological polar surface area (TPSA) is 92.2 Å². The van der Waals surface area contributed by atoms with Gasteiger partial charge in [0.15, 0.2) is 0 Å². The molecular formula is C32H22Cl2F3N3O3. The quantitative estimate of drug-likeness (QED) is 0.191. The largest absolute Gasteiger partial charge is 0.480 e. The highest BCUT2D eigenvalue weighted by Gasteiger charge is 2.38. The number of carboxylic acids is 1. The lowest BCUT2D eigenvalue weighted by molar-refractivity contribution is -0.139. The summed E-state index contributed by atoms with van der Waals surface area (Å²) in [4.78, 5) is 33.8. The Labute approximate surface area is 253 Å². The predicted molar refractivity (Wildman–Crippen MR) is 159 cm³/mol. The SMILES string of the molecule is O=C(N[C@@H](Cc1ccc(-c2ncc3ccc(C4CC4)cc3c2C(F)(F)F)c2ncccc12)C(=O)O)c1c(Cl)cccc1Cl. The number of rotatable bonds is 7. The van der Waals surface area contributed by atoms with Crippen LogP contribution < -0.4 is 5.32 Å². The number of carbonyl (C=O) groups is 2. The highest BCUT2D eigenvalue weighted by molar-refractivity contribution is 6.39. The minimum atomic E-state index is -4.71. The number of nitrogens with one attached hydrogen (secondary N) is 1. The van der Waals surface area contributed by atoms with Gasteiger partial charge in [0, 0.05) is 35.2 Å². The van der Waals surface area contributed by atoms with Crippen molar-refractivity contribution in [3.05, 3.63) is 105 Å². The van der Waals surface area contributed by atoms with Crippen LogP contribution in [0, 0.1) is 0 Å². The molecule has 5 aromatic rings. The van der Waals surface area contributed by atoms with E-state index >= 15 is 0 Å². The molecule has 0 bridgehead atoms. The second kappa shape index (κ2) is 11.1. The van der Waals surface area contributed by atoms with Crippen molar-refractivity contribution in [1.29, 1.82) is 0 Å². The molecule has 1 amide bonds. The molecule has 1 fully saturated rings. The maximum absolute atomic E-state index is 14.7. The molecule has 218 valence electrons. The molecule has 0 unspecified atom stereocenters. The fraction of sp³-hybridized carbons (Fsp3) is 0.188. The first-order chi connectivity index (χ1) is 20.5. The Hall–Kier alpha value is -4.21. The fourth-order valence-corrected chi connectivity index (χ4v) is 5.93. The molecule has 3 aromatic carbocycles. The zero-order valence-corrected chi connectivity index (χ0v) is 23.8. The van der Waals surface area contributed by atoms with Gasteiger partial charge in [-0.05, 0) is 53.5 Å². The summed E-state index contributed by atoms with van der Waals surface area (Å²) in [5, 5.41) is 13.4. The van der Waals surface area contributed by atoms with E-state index < -0.39 is 29.7 Å². The molecule has 0 spiro atoms. The van der Waals surface area contributed by atoms with Crippen LogP contribution in [0.1, 0.15) is 45.8 Å². The standard InChI is InChI=1S/C32H22Cl2F3N3O3/c33-23-4-1-5-24(34)26(23)30(41)40-25(31(42)43)14-18-10-11-21(28-20(18)3-2-12-38-28)29-27(32(35,36)37)22-13-17(16-6-7-16)8-9-19(22)15-39-29/h1-5,8-13,15-16,25H,6-7,14H2,(H,40,41)(H,42,43)/t25-/m0/s1. The van der Waals surface area contributed by atoms with Gasteiger partial charge >= 0.3 is 12.1 Å². The summed E-state index contributed by atoms with van der Waals surface area (Å²) >= 11 is 12.2. The number of aliphatic carboxylic acids is 1. The van der Waals surface area contributed by atoms with Gasteiger partial charge in [-0.3, -0.25) is 14.8 Å². The van der Waals surface area contributed by atoms with Crippen molar-refractivity contribution < 1.29 is 27.9 Å². The fourth-order valence-electron chi connectivity index (χ4n) is 5.36. The summed E-state index contributed by atoms with van der Waals surface area (Å²) < 4.78 is 44.1. The van der Waals surface area contributed by atoms with Gasteiger partial charge in [0.1, 0.15) is 6.04 Å². The number of halogens is 5. The zero-order valence-electron chi connectivity index (χ0n) is 22.3. The smallest absolute Gasteiger partial charge is 0.419 e. The second-order valence-corrected chi connectivity index (χ2v) is 11.3. The Morgan fingerprint density at radius 3 is 2.40 bits per heavy atom. The molecule has 43 heavy (non-hydrogen) atoms. The zero-order chi connectivity index (χ0) is 30.5. The van der Waals surface area contributed by atoms with E-state index in [1.165, 1.54) is 36.7 Å². The molecule has 2 heterocycles. The molecule has 1 aliphatic carbocycles. The van der Waals surface area contributed by atoms with Crippen LogP contribution in [0.25, 0.3) is 32.9 Å². The van der Waals surface area contributed by atoms with E-state index in [0.29, 0.717) is 16.3 Å². The van der Waals surface area contributed by atoms with E-state index in [4.69, 9.17) is 23.2 Å². The number of hydrogen-bond donors (Lipinski definition) is 2. The van der Waals surface area contributed by atoms with Crippen LogP contribution in [0.4, 0.5) is 13.2 Å². The number of carboxylic acid groups (broad SMARTS) is 1. The Morgan fingerprint density at radius 2 is 1.72 bits per heavy atom. The van der Waals surface area contributed by atoms with Gasteiger partial charge in [-0.1, -0.05) is 65.7 Å². The molecule has 0 aliphatic heterocycles. The Kier molecular flexibility index (Phi) is 7.48. The van der Waals surface area contributed by atoms with Crippen molar-refractivity contribution in [1.82, 2.24) is 15.3 Å². The number of fused-ring (bicyclic) bond motifs is 2. The van der Waals surface area contributed by atoms with E-state index in [0.717, 1.165) is 18.4 Å². The summed E-state index contributed by atoms with van der Waals surface area (Å²) in [7, 11) is 0. The van der Waals surface area contributed by atoms with Gasteiger partial charge in [-0.25, -0.2) is 4.79 Å². The number of benzene rings is 3. The molecule has 1 saturated carbocycles. The molecular weight excluding hydrogens is 602 g/mol. The molecule has 11 heteroatoms. The van der Waals surface area contributed by atoms with Crippen LogP contribution >= 0.6 is 23.2 Å². The van der Waals surface area contributed by atoms with Crippen LogP contribution in [0.15, 0.2) is 73.1 Å². The molecule has 1 aliphatic rings. The van der Waals surface area contributed by atoms with Crippen LogP contribution in [0.5, 0.6) is 0 Å². The van der Waals surface area contributed by atoms with Crippen LogP contribution in [-0.2, 0) is 17.4 Å². The Morgan fingerprint density at radius 1 is 0.977 bits per heavy atom. The molecule has 1 atom stereocenters. The van der Waals surface area contributed by atoms with Crippen LogP contribution in [-0.4, -0.2) is 33.0 Å². The average Bonchev–Trinajstić information content (AvgIpc) is 3.81. The molecule has 2 aromatic heterocycles. The van der Waals surface area contributed by atoms with E-state index in [-0.39, 0.29) is 50.1 Å². The highest BCUT2D eigenvalue weighted by atomic mass is 35.5. The molecule has 6 nitrogen and oxygen atoms in total. The third-order valence-corrected chi connectivity index (χ3v) is 8.21. The summed E-state index contributed by atoms with van der Waals surface area (Å²) in [5.74, 6) is -1.83. The van der Waals surface area contributed by atoms with Gasteiger partial charge in [-0.15, -0.1) is 0 Å². The maximum atomic E-state index is 14.7. The molecule has 0 saturated heterocycles. The first-order valence-electron chi connectivity index (χ1n) is 13.4. The number of nitrogens with zero attached hydrogens (tertiary/aromatic N) is 2. The highest BCUT2D eigenvalue weighted by Crippen LogP contribution is 2.45. The third kappa shape index (κ3) is 5.62. The molecule has 0 radical (unpaired) electrons. The van der Waals surface area contributed by atoms with E-state index in [1.54, 1.807) is 30.3 Å². The number of aromatic nitrogens is 2. The number of pyridine rings is 2. The van der Waals surface area contributed by atoms with E-state index in [1.807, 2.05) is 6.07 Å². The van der Waals surface area contributed by atoms with Gasteiger partial charge in [0.05, 0.1) is 32.4 Å². The second-order valence-electron chi connectivity index (χ2n) is 10.4. The molecule has 6 rings (SSSR count). The third-order valence-electron chi connectivity index (χ3n) is 7.58. The van der Waals surface area contributed by atoms with Crippen molar-refractivity contribution in [2.24, 2.45) is 0 Å². The molecule has 2 N–H and O–H groups in total. The van der Waals surface area contributed by atoms with Gasteiger partial charge in [-0.2, -0.15) is 13.2 Å². The first-order valence-corrected chi connectivity index (χ1v) is 14.1. The van der Waals surface area contributed by atoms with Crippen molar-refractivity contribution in [2.75, 3.05) is 0 Å². The minimum Gasteiger partial charge on any atom is -0.480 e. The number of carbonyl (C=O) groups excluding carboxylic acids is 1. The average molecular weight is 624 g/mol. The minimum absolute atomic E-state index is 0.0562. The van der Waals surface area contributed by atoms with Crippen molar-refractivity contribution in [3.8, 4) is 11.3 Å². The lowest BCUT2D eigenvalue weighted by Crippen LogP contribution is -2.42. The van der Waals surface area contributed by atoms with E-state index in [2.05, 4.69) is 15.3 Å². The lowest BCUT2D eigenvalue weighted by Gasteiger charge is -2.19. The normalized spacial score (nSPS) is 14.2. The lowest BCUT2D eigenvalue weighted by atomic mass is 9.93. The van der Waals surface area contributed by atoms with Gasteiger partial charge in [0.2, 0.25) is 0 Å². The monoisotopic (exact) mass is 623 g/mol. The summed E-state index contributed by atoms with van der Waals surface area (Å²) in [6.45, 7) is 0. The number of amides is 1. The number of alkyl halides is 3. The predicted octanol–water partition coefficient (Wildman–Crippen LogP) is 8.08. The van der Waals surface area contributed by atoms with Crippen molar-refractivity contribution in [2.45, 2.75) is 37.4 Å². The first kappa shape index (κ1) is 28.9. The summed E-state index contributed by atoms with van der Waals surface area (Å²) in [6, 6.07) is 14.4.